The van der Waals surface area contributed by atoms with Gasteiger partial charge in [-0.2, -0.15) is 0 Å². The number of carbonyl (C=O) groups excluding carboxylic acids is 1. The van der Waals surface area contributed by atoms with E-state index in [1.54, 1.807) is 0 Å². The van der Waals surface area contributed by atoms with Crippen LogP contribution in [0.15, 0.2) is 30.5 Å². The SMILES string of the molecule is CCn1cc(CC(=O)NCC2(O)CCCCC2)c2ccccc21. The fourth-order valence-electron chi connectivity index (χ4n) is 3.61. The molecule has 1 aromatic carbocycles. The predicted molar refractivity (Wildman–Crippen MR) is 92.4 cm³/mol. The van der Waals surface area contributed by atoms with Gasteiger partial charge < -0.3 is 15.0 Å². The number of fused-ring (bicyclic) bond motifs is 1. The van der Waals surface area contributed by atoms with Crippen molar-refractivity contribution in [3.05, 3.63) is 36.0 Å². The Labute approximate surface area is 137 Å². The molecule has 4 nitrogen and oxygen atoms in total. The molecule has 1 amide bonds. The van der Waals surface area contributed by atoms with Crippen LogP contribution in [0.2, 0.25) is 0 Å². The molecule has 1 fully saturated rings. The zero-order chi connectivity index (χ0) is 16.3. The van der Waals surface area contributed by atoms with Crippen LogP contribution in [0.1, 0.15) is 44.6 Å². The first kappa shape index (κ1) is 16.1. The summed E-state index contributed by atoms with van der Waals surface area (Å²) in [5.74, 6) is -0.0111. The summed E-state index contributed by atoms with van der Waals surface area (Å²) in [6.07, 6.45) is 7.31. The van der Waals surface area contributed by atoms with Crippen LogP contribution in [0.4, 0.5) is 0 Å². The third-order valence-electron chi connectivity index (χ3n) is 4.96. The van der Waals surface area contributed by atoms with Crippen molar-refractivity contribution in [3.8, 4) is 0 Å². The Morgan fingerprint density at radius 1 is 1.26 bits per heavy atom. The Balaban J connectivity index is 1.66. The van der Waals surface area contributed by atoms with Crippen LogP contribution in [-0.4, -0.2) is 27.7 Å². The lowest BCUT2D eigenvalue weighted by molar-refractivity contribution is -0.122. The fraction of sp³-hybridized carbons (Fsp3) is 0.526. The van der Waals surface area contributed by atoms with Crippen LogP contribution in [0.25, 0.3) is 10.9 Å². The zero-order valence-corrected chi connectivity index (χ0v) is 13.8. The lowest BCUT2D eigenvalue weighted by Crippen LogP contribution is -2.44. The van der Waals surface area contributed by atoms with E-state index in [0.717, 1.165) is 43.2 Å². The van der Waals surface area contributed by atoms with E-state index in [1.807, 2.05) is 12.1 Å². The average molecular weight is 314 g/mol. The molecule has 0 spiro atoms. The first-order chi connectivity index (χ1) is 11.1. The molecule has 2 N–H and O–H groups in total. The standard InChI is InChI=1S/C19H26N2O2/c1-2-21-13-15(16-8-4-5-9-17(16)21)12-18(22)20-14-19(23)10-6-3-7-11-19/h4-5,8-9,13,23H,2-3,6-7,10-12,14H2,1H3,(H,20,22). The van der Waals surface area contributed by atoms with Gasteiger partial charge in [-0.1, -0.05) is 37.5 Å². The van der Waals surface area contributed by atoms with Crippen LogP contribution in [0.5, 0.6) is 0 Å². The fourth-order valence-corrected chi connectivity index (χ4v) is 3.61. The summed E-state index contributed by atoms with van der Waals surface area (Å²) in [6.45, 7) is 3.37. The summed E-state index contributed by atoms with van der Waals surface area (Å²) in [5, 5.41) is 14.6. The number of aliphatic hydroxyl groups is 1. The molecule has 0 radical (unpaired) electrons. The maximum absolute atomic E-state index is 12.3. The number of para-hydroxylation sites is 1. The first-order valence-corrected chi connectivity index (χ1v) is 8.67. The molecule has 124 valence electrons. The van der Waals surface area contributed by atoms with Gasteiger partial charge in [-0.25, -0.2) is 0 Å². The van der Waals surface area contributed by atoms with Crippen LogP contribution in [-0.2, 0) is 17.8 Å². The monoisotopic (exact) mass is 314 g/mol. The molecule has 0 bridgehead atoms. The molecule has 0 atom stereocenters. The van der Waals surface area contributed by atoms with Crippen molar-refractivity contribution in [1.82, 2.24) is 9.88 Å². The molecule has 2 aromatic rings. The van der Waals surface area contributed by atoms with Gasteiger partial charge in [-0.05, 0) is 31.4 Å². The minimum Gasteiger partial charge on any atom is -0.388 e. The number of hydrogen-bond acceptors (Lipinski definition) is 2. The highest BCUT2D eigenvalue weighted by molar-refractivity contribution is 5.89. The number of rotatable bonds is 5. The molecular formula is C19H26N2O2. The average Bonchev–Trinajstić information content (AvgIpc) is 2.92. The van der Waals surface area contributed by atoms with Crippen molar-refractivity contribution in [2.24, 2.45) is 0 Å². The van der Waals surface area contributed by atoms with E-state index in [2.05, 4.69) is 35.1 Å². The van der Waals surface area contributed by atoms with Gasteiger partial charge in [-0.15, -0.1) is 0 Å². The summed E-state index contributed by atoms with van der Waals surface area (Å²) in [4.78, 5) is 12.3. The number of amides is 1. The van der Waals surface area contributed by atoms with Crippen LogP contribution in [0, 0.1) is 0 Å². The Morgan fingerprint density at radius 3 is 2.74 bits per heavy atom. The highest BCUT2D eigenvalue weighted by Gasteiger charge is 2.29. The second kappa shape index (κ2) is 6.75. The largest absolute Gasteiger partial charge is 0.388 e. The van der Waals surface area contributed by atoms with E-state index in [9.17, 15) is 9.90 Å². The lowest BCUT2D eigenvalue weighted by Gasteiger charge is -2.32. The molecular weight excluding hydrogens is 288 g/mol. The number of benzene rings is 1. The number of carbonyl (C=O) groups is 1. The van der Waals surface area contributed by atoms with Crippen LogP contribution >= 0.6 is 0 Å². The molecule has 0 unspecified atom stereocenters. The summed E-state index contributed by atoms with van der Waals surface area (Å²) >= 11 is 0. The van der Waals surface area contributed by atoms with Gasteiger partial charge in [0.2, 0.25) is 5.91 Å². The Morgan fingerprint density at radius 2 is 2.00 bits per heavy atom. The zero-order valence-electron chi connectivity index (χ0n) is 13.8. The van der Waals surface area contributed by atoms with Gasteiger partial charge in [-0.3, -0.25) is 4.79 Å². The maximum atomic E-state index is 12.3. The topological polar surface area (TPSA) is 54.3 Å². The molecule has 1 saturated carbocycles. The number of aromatic nitrogens is 1. The Bertz CT molecular complexity index is 684. The summed E-state index contributed by atoms with van der Waals surface area (Å²) in [5.41, 5.74) is 1.52. The van der Waals surface area contributed by atoms with Crippen molar-refractivity contribution in [1.29, 1.82) is 0 Å². The minimum atomic E-state index is -0.703. The molecule has 1 aliphatic rings. The van der Waals surface area contributed by atoms with Gasteiger partial charge in [0.1, 0.15) is 0 Å². The maximum Gasteiger partial charge on any atom is 0.224 e. The number of hydrogen-bond donors (Lipinski definition) is 2. The van der Waals surface area contributed by atoms with E-state index in [1.165, 1.54) is 11.9 Å². The summed E-state index contributed by atoms with van der Waals surface area (Å²) in [7, 11) is 0. The highest BCUT2D eigenvalue weighted by atomic mass is 16.3. The van der Waals surface area contributed by atoms with Gasteiger partial charge >= 0.3 is 0 Å². The van der Waals surface area contributed by atoms with Gasteiger partial charge in [0.15, 0.2) is 0 Å². The van der Waals surface area contributed by atoms with Crippen molar-refractivity contribution in [2.75, 3.05) is 6.54 Å². The first-order valence-electron chi connectivity index (χ1n) is 8.67. The van der Waals surface area contributed by atoms with Crippen molar-refractivity contribution < 1.29 is 9.90 Å². The third-order valence-corrected chi connectivity index (χ3v) is 4.96. The van der Waals surface area contributed by atoms with Crippen LogP contribution < -0.4 is 5.32 Å². The normalized spacial score (nSPS) is 17.3. The van der Waals surface area contributed by atoms with Gasteiger partial charge in [0.25, 0.3) is 0 Å². The molecule has 3 rings (SSSR count). The van der Waals surface area contributed by atoms with E-state index in [-0.39, 0.29) is 5.91 Å². The molecule has 1 aromatic heterocycles. The molecule has 1 heterocycles. The summed E-state index contributed by atoms with van der Waals surface area (Å²) in [6, 6.07) is 8.19. The van der Waals surface area contributed by atoms with Crippen molar-refractivity contribution in [2.45, 2.75) is 57.6 Å². The second-order valence-electron chi connectivity index (χ2n) is 6.70. The van der Waals surface area contributed by atoms with E-state index >= 15 is 0 Å². The molecule has 4 heteroatoms. The second-order valence-corrected chi connectivity index (χ2v) is 6.70. The smallest absolute Gasteiger partial charge is 0.224 e. The van der Waals surface area contributed by atoms with E-state index < -0.39 is 5.60 Å². The summed E-state index contributed by atoms with van der Waals surface area (Å²) < 4.78 is 2.17. The highest BCUT2D eigenvalue weighted by Crippen LogP contribution is 2.27. The lowest BCUT2D eigenvalue weighted by atomic mass is 9.85. The number of nitrogens with zero attached hydrogens (tertiary/aromatic N) is 1. The quantitative estimate of drug-likeness (QED) is 0.891. The van der Waals surface area contributed by atoms with Crippen molar-refractivity contribution >= 4 is 16.8 Å². The van der Waals surface area contributed by atoms with E-state index in [0.29, 0.717) is 13.0 Å². The molecule has 0 saturated heterocycles. The molecule has 23 heavy (non-hydrogen) atoms. The molecule has 0 aliphatic heterocycles. The van der Waals surface area contributed by atoms with Gasteiger partial charge in [0.05, 0.1) is 12.0 Å². The number of aryl methyl sites for hydroxylation is 1. The van der Waals surface area contributed by atoms with Crippen LogP contribution in [0.3, 0.4) is 0 Å². The molecule has 1 aliphatic carbocycles. The van der Waals surface area contributed by atoms with Crippen molar-refractivity contribution in [3.63, 3.8) is 0 Å². The van der Waals surface area contributed by atoms with E-state index in [4.69, 9.17) is 0 Å². The third kappa shape index (κ3) is 3.58. The van der Waals surface area contributed by atoms with Gasteiger partial charge in [0, 0.05) is 30.2 Å². The number of nitrogens with one attached hydrogen (secondary N) is 1. The Hall–Kier alpha value is -1.81. The predicted octanol–water partition coefficient (Wildman–Crippen LogP) is 3.02. The Kier molecular flexibility index (Phi) is 4.71. The minimum absolute atomic E-state index is 0.0111.